The molecule has 0 fully saturated rings. The molecular formula is C22H45NNa2O4. The van der Waals surface area contributed by atoms with Crippen LogP contribution in [0.25, 0.3) is 0 Å². The van der Waals surface area contributed by atoms with E-state index in [4.69, 9.17) is 20.0 Å². The Balaban J connectivity index is -0.000000179. The van der Waals surface area contributed by atoms with Crippen LogP contribution in [0.4, 0.5) is 0 Å². The quantitative estimate of drug-likeness (QED) is 0.145. The molecule has 0 atom stereocenters. The third-order valence-electron chi connectivity index (χ3n) is 4.36. The molecule has 0 aliphatic carbocycles. The number of esters is 1. The predicted molar refractivity (Wildman–Crippen MR) is 115 cm³/mol. The first-order valence-electron chi connectivity index (χ1n) is 10.9. The normalized spacial score (nSPS) is 9.31. The van der Waals surface area contributed by atoms with Gasteiger partial charge in [0.05, 0.1) is 6.61 Å². The van der Waals surface area contributed by atoms with Crippen molar-refractivity contribution in [2.24, 2.45) is 0 Å². The zero-order chi connectivity index (χ0) is 20.6. The summed E-state index contributed by atoms with van der Waals surface area (Å²) in [5, 5.41) is 14.1. The summed E-state index contributed by atoms with van der Waals surface area (Å²) in [6, 6.07) is 0. The zero-order valence-electron chi connectivity index (χ0n) is 21.8. The standard InChI is InChI=1S/C20H39NO2.C2H4O2.2Na.2H/c1-2-3-4-5-6-7-8-9-10-11-12-13-14-15-16-17-18-23-20(22)19-21;1-2(3)4;;;;/h19,21H,2-18H2,1H3;1H3,(H,3,4);;;;/q;;2*+1;2*-1. The van der Waals surface area contributed by atoms with E-state index < -0.39 is 11.9 Å². The Hall–Kier alpha value is 0.610. The van der Waals surface area contributed by atoms with E-state index >= 15 is 0 Å². The first kappa shape index (κ1) is 37.0. The summed E-state index contributed by atoms with van der Waals surface area (Å²) in [6.45, 7) is 3.82. The fourth-order valence-electron chi connectivity index (χ4n) is 2.86. The Bertz CT molecular complexity index is 362. The monoisotopic (exact) mass is 433 g/mol. The van der Waals surface area contributed by atoms with Gasteiger partial charge in [-0.1, -0.05) is 103 Å². The molecule has 5 nitrogen and oxygen atoms in total. The van der Waals surface area contributed by atoms with E-state index in [1.807, 2.05) is 0 Å². The van der Waals surface area contributed by atoms with Crippen molar-refractivity contribution in [2.75, 3.05) is 6.61 Å². The smallest absolute Gasteiger partial charge is 1.00 e. The SMILES string of the molecule is CC(=O)O.CCCCCCCCCCCCCCCCCCOC(=O)C=N.[H-].[H-].[Na+].[Na+]. The van der Waals surface area contributed by atoms with Crippen molar-refractivity contribution >= 4 is 18.2 Å². The average molecular weight is 434 g/mol. The van der Waals surface area contributed by atoms with Gasteiger partial charge >= 0.3 is 65.1 Å². The zero-order valence-corrected chi connectivity index (χ0v) is 23.8. The van der Waals surface area contributed by atoms with Gasteiger partial charge in [-0.3, -0.25) is 4.79 Å². The second-order valence-corrected chi connectivity index (χ2v) is 7.13. The molecule has 0 amide bonds. The van der Waals surface area contributed by atoms with Gasteiger partial charge in [-0.2, -0.15) is 0 Å². The Morgan fingerprint density at radius 2 is 1.03 bits per heavy atom. The molecule has 2 N–H and O–H groups in total. The van der Waals surface area contributed by atoms with E-state index in [-0.39, 0.29) is 62.0 Å². The molecule has 164 valence electrons. The molecule has 0 bridgehead atoms. The molecule has 0 aliphatic rings. The molecule has 0 aromatic rings. The summed E-state index contributed by atoms with van der Waals surface area (Å²) in [5.41, 5.74) is 0. The third kappa shape index (κ3) is 43.4. The van der Waals surface area contributed by atoms with E-state index in [1.54, 1.807) is 0 Å². The van der Waals surface area contributed by atoms with Gasteiger partial charge in [0, 0.05) is 6.92 Å². The van der Waals surface area contributed by atoms with E-state index in [0.29, 0.717) is 6.61 Å². The van der Waals surface area contributed by atoms with Gasteiger partial charge in [-0.15, -0.1) is 0 Å². The molecule has 0 aromatic heterocycles. The Morgan fingerprint density at radius 1 is 0.759 bits per heavy atom. The fraction of sp³-hybridized carbons (Fsp3) is 0.864. The molecule has 0 rings (SSSR count). The number of unbranched alkanes of at least 4 members (excludes halogenated alkanes) is 15. The molecule has 0 radical (unpaired) electrons. The maximum absolute atomic E-state index is 10.7. The van der Waals surface area contributed by atoms with Gasteiger partial charge in [-0.25, -0.2) is 4.79 Å². The van der Waals surface area contributed by atoms with Crippen molar-refractivity contribution in [3.05, 3.63) is 0 Å². The molecule has 0 spiro atoms. The van der Waals surface area contributed by atoms with Gasteiger partial charge in [0.2, 0.25) is 0 Å². The van der Waals surface area contributed by atoms with Crippen molar-refractivity contribution in [1.82, 2.24) is 0 Å². The van der Waals surface area contributed by atoms with Crippen molar-refractivity contribution < 1.29 is 81.4 Å². The van der Waals surface area contributed by atoms with Gasteiger partial charge in [0.25, 0.3) is 5.97 Å². The number of hydrogen-bond donors (Lipinski definition) is 2. The maximum Gasteiger partial charge on any atom is 1.00 e. The van der Waals surface area contributed by atoms with Crippen molar-refractivity contribution in [1.29, 1.82) is 5.41 Å². The Morgan fingerprint density at radius 3 is 1.31 bits per heavy atom. The number of carbonyl (C=O) groups excluding carboxylic acids is 1. The summed E-state index contributed by atoms with van der Waals surface area (Å²) < 4.78 is 4.83. The van der Waals surface area contributed by atoms with Crippen LogP contribution in [-0.4, -0.2) is 29.9 Å². The van der Waals surface area contributed by atoms with Crippen LogP contribution in [0.15, 0.2) is 0 Å². The van der Waals surface area contributed by atoms with Gasteiger partial charge in [0.1, 0.15) is 6.21 Å². The third-order valence-corrected chi connectivity index (χ3v) is 4.36. The molecule has 0 saturated carbocycles. The first-order chi connectivity index (χ1) is 13.0. The molecule has 0 unspecified atom stereocenters. The number of rotatable bonds is 18. The summed E-state index contributed by atoms with van der Waals surface area (Å²) in [5.74, 6) is -1.36. The topological polar surface area (TPSA) is 87.5 Å². The van der Waals surface area contributed by atoms with Crippen LogP contribution in [0, 0.1) is 5.41 Å². The second-order valence-electron chi connectivity index (χ2n) is 7.13. The molecule has 29 heavy (non-hydrogen) atoms. The molecule has 0 aromatic carbocycles. The van der Waals surface area contributed by atoms with Gasteiger partial charge in [-0.05, 0) is 6.42 Å². The minimum absolute atomic E-state index is 0. The largest absolute Gasteiger partial charge is 1.00 e. The first-order valence-corrected chi connectivity index (χ1v) is 10.9. The van der Waals surface area contributed by atoms with E-state index in [0.717, 1.165) is 26.0 Å². The second kappa shape index (κ2) is 33.3. The van der Waals surface area contributed by atoms with Crippen LogP contribution in [-0.2, 0) is 14.3 Å². The van der Waals surface area contributed by atoms with E-state index in [1.165, 1.54) is 89.9 Å². The van der Waals surface area contributed by atoms with Crippen molar-refractivity contribution in [2.45, 2.75) is 117 Å². The minimum atomic E-state index is -0.833. The molecule has 7 heteroatoms. The van der Waals surface area contributed by atoms with Crippen LogP contribution < -0.4 is 59.1 Å². The summed E-state index contributed by atoms with van der Waals surface area (Å²) in [4.78, 5) is 19.7. The number of aliphatic carboxylic acids is 1. The summed E-state index contributed by atoms with van der Waals surface area (Å²) in [7, 11) is 0. The number of carboxylic acid groups (broad SMARTS) is 1. The average Bonchev–Trinajstić information content (AvgIpc) is 2.63. The maximum atomic E-state index is 10.7. The molecule has 0 saturated heterocycles. The van der Waals surface area contributed by atoms with Crippen molar-refractivity contribution in [3.8, 4) is 0 Å². The summed E-state index contributed by atoms with van der Waals surface area (Å²) >= 11 is 0. The Kier molecular flexibility index (Phi) is 42.4. The van der Waals surface area contributed by atoms with Gasteiger partial charge in [0.15, 0.2) is 0 Å². The van der Waals surface area contributed by atoms with E-state index in [9.17, 15) is 4.79 Å². The van der Waals surface area contributed by atoms with Gasteiger partial charge < -0.3 is 18.1 Å². The number of nitrogens with one attached hydrogen (secondary N) is 1. The number of carbonyl (C=O) groups is 2. The fourth-order valence-corrected chi connectivity index (χ4v) is 2.86. The molecule has 0 aliphatic heterocycles. The molecule has 0 heterocycles. The van der Waals surface area contributed by atoms with Crippen molar-refractivity contribution in [3.63, 3.8) is 0 Å². The number of ether oxygens (including phenoxy) is 1. The number of hydrogen-bond acceptors (Lipinski definition) is 4. The van der Waals surface area contributed by atoms with Crippen LogP contribution >= 0.6 is 0 Å². The van der Waals surface area contributed by atoms with Crippen LogP contribution in [0.5, 0.6) is 0 Å². The van der Waals surface area contributed by atoms with Crippen LogP contribution in [0.1, 0.15) is 119 Å². The van der Waals surface area contributed by atoms with E-state index in [2.05, 4.69) is 6.92 Å². The summed E-state index contributed by atoms with van der Waals surface area (Å²) in [6.07, 6.45) is 22.2. The number of carboxylic acids is 1. The van der Waals surface area contributed by atoms with Crippen LogP contribution in [0.3, 0.4) is 0 Å². The minimum Gasteiger partial charge on any atom is -1.00 e. The predicted octanol–water partition coefficient (Wildman–Crippen LogP) is 0.765. The Labute approximate surface area is 226 Å². The molecular weight excluding hydrogens is 388 g/mol. The van der Waals surface area contributed by atoms with Crippen LogP contribution in [0.2, 0.25) is 0 Å².